The molecule has 0 fully saturated rings. The van der Waals surface area contributed by atoms with Crippen molar-refractivity contribution in [3.63, 3.8) is 0 Å². The van der Waals surface area contributed by atoms with Gasteiger partial charge in [-0.2, -0.15) is 0 Å². The molecule has 2 atom stereocenters. The van der Waals surface area contributed by atoms with E-state index in [0.717, 1.165) is 51.4 Å². The molecule has 2 unspecified atom stereocenters. The van der Waals surface area contributed by atoms with Crippen molar-refractivity contribution in [1.29, 1.82) is 0 Å². The Hall–Kier alpha value is -2.18. The monoisotopic (exact) mass is 1180 g/mol. The Balaban J connectivity index is 3.34. The molecule has 0 aliphatic rings. The predicted molar refractivity (Wildman–Crippen MR) is 370 cm³/mol. The summed E-state index contributed by atoms with van der Waals surface area (Å²) in [4.78, 5) is 24.6. The second kappa shape index (κ2) is 73.3. The third-order valence-electron chi connectivity index (χ3n) is 17.6. The number of amides is 1. The maximum Gasteiger partial charge on any atom is 0.305 e. The first-order chi connectivity index (χ1) is 41.5. The summed E-state index contributed by atoms with van der Waals surface area (Å²) in [6.07, 6.45) is 96.5. The molecular weight excluding hydrogens is 1030 g/mol. The highest BCUT2D eigenvalue weighted by Gasteiger charge is 2.18. The zero-order valence-electron chi connectivity index (χ0n) is 56.6. The lowest BCUT2D eigenvalue weighted by Gasteiger charge is -2.20. The summed E-state index contributed by atoms with van der Waals surface area (Å²) >= 11 is 0. The van der Waals surface area contributed by atoms with Crippen molar-refractivity contribution in [2.45, 2.75) is 424 Å². The van der Waals surface area contributed by atoms with Gasteiger partial charge in [0, 0.05) is 12.8 Å². The minimum atomic E-state index is -0.842. The summed E-state index contributed by atoms with van der Waals surface area (Å²) in [6, 6.07) is -0.625. The standard InChI is InChI=1S/C78H147NO5/c1-3-5-7-9-11-13-15-17-42-46-50-54-58-62-66-70-76(81)75(74-80)79-77(82)71-67-63-59-55-51-47-44-40-38-36-34-32-30-28-26-24-22-20-19-21-23-25-27-29-31-33-35-37-39-41-45-49-53-57-61-65-69-73-84-78(83)72-68-64-60-56-52-48-43-18-16-14-12-10-8-6-4-2/h12,14,18-19,21,43,66,70,75-76,80-81H,3-11,13,15-17,20,22-42,44-65,67-69,71-74H2,1-2H3,(H,79,82)/b14-12-,21-19-,43-18-,70-66+. The van der Waals surface area contributed by atoms with Gasteiger partial charge in [0.15, 0.2) is 0 Å². The number of ether oxygens (including phenoxy) is 1. The van der Waals surface area contributed by atoms with Gasteiger partial charge in [-0.15, -0.1) is 0 Å². The van der Waals surface area contributed by atoms with E-state index in [0.29, 0.717) is 19.4 Å². The average Bonchev–Trinajstić information content (AvgIpc) is 3.53. The Morgan fingerprint density at radius 1 is 0.333 bits per heavy atom. The molecule has 0 aromatic rings. The number of aliphatic hydroxyl groups is 2. The molecular formula is C78H147NO5. The fourth-order valence-corrected chi connectivity index (χ4v) is 11.8. The number of esters is 1. The van der Waals surface area contributed by atoms with Crippen LogP contribution in [0.5, 0.6) is 0 Å². The van der Waals surface area contributed by atoms with E-state index in [2.05, 4.69) is 55.6 Å². The second-order valence-electron chi connectivity index (χ2n) is 26.0. The number of unbranched alkanes of at least 4 members (excludes halogenated alkanes) is 54. The lowest BCUT2D eigenvalue weighted by molar-refractivity contribution is -0.143. The Bertz CT molecular complexity index is 1400. The number of carbonyl (C=O) groups is 2. The largest absolute Gasteiger partial charge is 0.466 e. The van der Waals surface area contributed by atoms with E-state index in [1.807, 2.05) is 6.08 Å². The number of nitrogens with one attached hydrogen (secondary N) is 1. The highest BCUT2D eigenvalue weighted by Crippen LogP contribution is 2.19. The maximum atomic E-state index is 12.5. The average molecular weight is 1180 g/mol. The van der Waals surface area contributed by atoms with Gasteiger partial charge in [0.2, 0.25) is 5.91 Å². The molecule has 0 saturated carbocycles. The van der Waals surface area contributed by atoms with Crippen LogP contribution in [0.1, 0.15) is 412 Å². The smallest absolute Gasteiger partial charge is 0.305 e. The molecule has 0 bridgehead atoms. The van der Waals surface area contributed by atoms with Gasteiger partial charge in [0.1, 0.15) is 0 Å². The summed E-state index contributed by atoms with van der Waals surface area (Å²) in [5.74, 6) is -0.0544. The zero-order valence-corrected chi connectivity index (χ0v) is 56.6. The van der Waals surface area contributed by atoms with Gasteiger partial charge in [-0.1, -0.05) is 358 Å². The quantitative estimate of drug-likeness (QED) is 0.0320. The van der Waals surface area contributed by atoms with Crippen LogP contribution in [0.25, 0.3) is 0 Å². The molecule has 1 amide bonds. The van der Waals surface area contributed by atoms with E-state index < -0.39 is 12.1 Å². The Labute approximate surface area is 525 Å². The van der Waals surface area contributed by atoms with Gasteiger partial charge in [-0.3, -0.25) is 9.59 Å². The molecule has 0 aliphatic heterocycles. The highest BCUT2D eigenvalue weighted by atomic mass is 16.5. The van der Waals surface area contributed by atoms with E-state index in [-0.39, 0.29) is 18.5 Å². The van der Waals surface area contributed by atoms with Crippen molar-refractivity contribution in [2.75, 3.05) is 13.2 Å². The number of carbonyl (C=O) groups excluding carboxylic acids is 2. The summed E-state index contributed by atoms with van der Waals surface area (Å²) in [7, 11) is 0. The Kier molecular flexibility index (Phi) is 71.4. The van der Waals surface area contributed by atoms with Crippen molar-refractivity contribution in [3.8, 4) is 0 Å². The molecule has 0 saturated heterocycles. The van der Waals surface area contributed by atoms with Crippen LogP contribution in [0.2, 0.25) is 0 Å². The van der Waals surface area contributed by atoms with Crippen LogP contribution in [-0.2, 0) is 14.3 Å². The first-order valence-electron chi connectivity index (χ1n) is 37.9. The number of allylic oxidation sites excluding steroid dienone is 7. The summed E-state index contributed by atoms with van der Waals surface area (Å²) in [5.41, 5.74) is 0. The van der Waals surface area contributed by atoms with E-state index in [1.165, 1.54) is 334 Å². The zero-order chi connectivity index (χ0) is 60.6. The minimum absolute atomic E-state index is 0.00737. The Morgan fingerprint density at radius 3 is 0.940 bits per heavy atom. The van der Waals surface area contributed by atoms with Gasteiger partial charge in [0.25, 0.3) is 0 Å². The molecule has 0 aromatic heterocycles. The second-order valence-corrected chi connectivity index (χ2v) is 26.0. The minimum Gasteiger partial charge on any atom is -0.466 e. The first-order valence-corrected chi connectivity index (χ1v) is 37.9. The number of hydrogen-bond donors (Lipinski definition) is 3. The van der Waals surface area contributed by atoms with Crippen molar-refractivity contribution in [3.05, 3.63) is 48.6 Å². The maximum absolute atomic E-state index is 12.5. The van der Waals surface area contributed by atoms with Crippen LogP contribution in [0.15, 0.2) is 48.6 Å². The molecule has 0 radical (unpaired) electrons. The molecule has 6 nitrogen and oxygen atoms in total. The van der Waals surface area contributed by atoms with Gasteiger partial charge in [-0.05, 0) is 89.9 Å². The van der Waals surface area contributed by atoms with Crippen LogP contribution in [-0.4, -0.2) is 47.4 Å². The fourth-order valence-electron chi connectivity index (χ4n) is 11.8. The molecule has 84 heavy (non-hydrogen) atoms. The number of hydrogen-bond acceptors (Lipinski definition) is 5. The topological polar surface area (TPSA) is 95.9 Å². The molecule has 0 rings (SSSR count). The normalized spacial score (nSPS) is 12.8. The number of rotatable bonds is 71. The van der Waals surface area contributed by atoms with Crippen molar-refractivity contribution in [1.82, 2.24) is 5.32 Å². The predicted octanol–water partition coefficient (Wildman–Crippen LogP) is 24.8. The molecule has 0 aliphatic carbocycles. The van der Waals surface area contributed by atoms with Crippen molar-refractivity contribution < 1.29 is 24.5 Å². The third kappa shape index (κ3) is 68.9. The van der Waals surface area contributed by atoms with E-state index >= 15 is 0 Å². The SMILES string of the molecule is CCCCC/C=C\C/C=C\CCCCCCCC(=O)OCCCCCCCCCCCCCCCCCC/C=C\CCCCCCCCCCCCCCCCCCCC(=O)NC(CO)C(O)/C=C/CCCCCCCCCCCCCCC. The molecule has 494 valence electrons. The van der Waals surface area contributed by atoms with E-state index in [4.69, 9.17) is 4.74 Å². The molecule has 0 heterocycles. The lowest BCUT2D eigenvalue weighted by Crippen LogP contribution is -2.45. The Morgan fingerprint density at radius 2 is 0.595 bits per heavy atom. The van der Waals surface area contributed by atoms with Crippen LogP contribution in [0, 0.1) is 0 Å². The van der Waals surface area contributed by atoms with Crippen molar-refractivity contribution >= 4 is 11.9 Å². The third-order valence-corrected chi connectivity index (χ3v) is 17.6. The van der Waals surface area contributed by atoms with E-state index in [9.17, 15) is 19.8 Å². The van der Waals surface area contributed by atoms with Gasteiger partial charge < -0.3 is 20.3 Å². The van der Waals surface area contributed by atoms with Gasteiger partial charge in [-0.25, -0.2) is 0 Å². The fraction of sp³-hybridized carbons (Fsp3) is 0.872. The summed E-state index contributed by atoms with van der Waals surface area (Å²) < 4.78 is 5.49. The number of aliphatic hydroxyl groups excluding tert-OH is 2. The van der Waals surface area contributed by atoms with Gasteiger partial charge in [0.05, 0.1) is 25.4 Å². The molecule has 3 N–H and O–H groups in total. The molecule has 0 spiro atoms. The molecule has 6 heteroatoms. The van der Waals surface area contributed by atoms with Crippen LogP contribution < -0.4 is 5.32 Å². The van der Waals surface area contributed by atoms with Crippen LogP contribution >= 0.6 is 0 Å². The highest BCUT2D eigenvalue weighted by molar-refractivity contribution is 5.76. The summed E-state index contributed by atoms with van der Waals surface area (Å²) in [6.45, 7) is 4.90. The van der Waals surface area contributed by atoms with Crippen LogP contribution in [0.3, 0.4) is 0 Å². The van der Waals surface area contributed by atoms with Crippen molar-refractivity contribution in [2.24, 2.45) is 0 Å². The van der Waals surface area contributed by atoms with Crippen LogP contribution in [0.4, 0.5) is 0 Å². The lowest BCUT2D eigenvalue weighted by atomic mass is 10.0. The van der Waals surface area contributed by atoms with E-state index in [1.54, 1.807) is 6.08 Å². The summed E-state index contributed by atoms with van der Waals surface area (Å²) in [5, 5.41) is 23.2. The first kappa shape index (κ1) is 81.8. The molecule has 0 aromatic carbocycles. The van der Waals surface area contributed by atoms with Gasteiger partial charge >= 0.3 is 5.97 Å².